The summed E-state index contributed by atoms with van der Waals surface area (Å²) in [6, 6.07) is 8.40. The Morgan fingerprint density at radius 3 is 2.58 bits per heavy atom. The van der Waals surface area contributed by atoms with E-state index in [1.165, 1.54) is 19.2 Å². The number of guanidine groups is 1. The number of aromatic nitrogens is 3. The van der Waals surface area contributed by atoms with Crippen LogP contribution in [-0.4, -0.2) is 26.8 Å². The number of rotatable bonds is 8. The third kappa shape index (κ3) is 6.02. The lowest BCUT2D eigenvalue weighted by atomic mass is 10.0. The second kappa shape index (κ2) is 9.05. The third-order valence-electron chi connectivity index (χ3n) is 3.86. The summed E-state index contributed by atoms with van der Waals surface area (Å²) in [6.07, 6.45) is 6.77. The first-order valence-corrected chi connectivity index (χ1v) is 8.55. The van der Waals surface area contributed by atoms with E-state index in [-0.39, 0.29) is 0 Å². The van der Waals surface area contributed by atoms with Crippen molar-refractivity contribution in [1.29, 1.82) is 0 Å². The van der Waals surface area contributed by atoms with Gasteiger partial charge in [0.05, 0.1) is 12.2 Å². The molecular weight excluding hydrogens is 300 g/mol. The highest BCUT2D eigenvalue weighted by Gasteiger charge is 2.04. The highest BCUT2D eigenvalue weighted by Crippen LogP contribution is 2.10. The maximum atomic E-state index is 5.98. The van der Waals surface area contributed by atoms with Gasteiger partial charge in [0, 0.05) is 6.04 Å². The zero-order valence-corrected chi connectivity index (χ0v) is 14.8. The summed E-state index contributed by atoms with van der Waals surface area (Å²) in [6.45, 7) is 7.22. The Bertz CT molecular complexity index is 615. The van der Waals surface area contributed by atoms with Crippen LogP contribution in [0.15, 0.2) is 41.9 Å². The summed E-state index contributed by atoms with van der Waals surface area (Å²) in [7, 11) is 0. The van der Waals surface area contributed by atoms with Crippen LogP contribution in [0, 0.1) is 5.92 Å². The monoisotopic (exact) mass is 328 g/mol. The molecule has 0 saturated heterocycles. The molecule has 1 heterocycles. The van der Waals surface area contributed by atoms with Gasteiger partial charge in [-0.2, -0.15) is 5.10 Å². The fourth-order valence-corrected chi connectivity index (χ4v) is 2.47. The topological polar surface area (TPSA) is 81.1 Å². The van der Waals surface area contributed by atoms with Gasteiger partial charge in [-0.25, -0.2) is 14.7 Å². The minimum absolute atomic E-state index is 0.349. The van der Waals surface area contributed by atoms with E-state index in [1.54, 1.807) is 11.0 Å². The van der Waals surface area contributed by atoms with E-state index in [2.05, 4.69) is 41.2 Å². The first-order valence-electron chi connectivity index (χ1n) is 8.55. The van der Waals surface area contributed by atoms with Gasteiger partial charge in [0.2, 0.25) is 0 Å². The maximum absolute atomic E-state index is 5.98. The molecule has 0 amide bonds. The summed E-state index contributed by atoms with van der Waals surface area (Å²) in [5.41, 5.74) is 8.06. The molecule has 0 radical (unpaired) electrons. The van der Waals surface area contributed by atoms with Crippen LogP contribution in [0.1, 0.15) is 45.6 Å². The third-order valence-corrected chi connectivity index (χ3v) is 3.86. The van der Waals surface area contributed by atoms with E-state index >= 15 is 0 Å². The Morgan fingerprint density at radius 1 is 1.21 bits per heavy atom. The number of hydrogen-bond acceptors (Lipinski definition) is 3. The molecule has 3 N–H and O–H groups in total. The maximum Gasteiger partial charge on any atom is 0.189 e. The van der Waals surface area contributed by atoms with E-state index in [9.17, 15) is 0 Å². The van der Waals surface area contributed by atoms with Gasteiger partial charge in [-0.3, -0.25) is 0 Å². The van der Waals surface area contributed by atoms with Crippen molar-refractivity contribution in [1.82, 2.24) is 20.1 Å². The molecule has 2 aromatic rings. The second-order valence-electron chi connectivity index (χ2n) is 6.58. The number of nitrogens with two attached hydrogens (primary N) is 1. The molecule has 130 valence electrons. The van der Waals surface area contributed by atoms with Crippen LogP contribution < -0.4 is 11.1 Å². The van der Waals surface area contributed by atoms with Crippen molar-refractivity contribution in [3.05, 3.63) is 42.5 Å². The van der Waals surface area contributed by atoms with Crippen LogP contribution in [0.3, 0.4) is 0 Å². The van der Waals surface area contributed by atoms with E-state index in [1.807, 2.05) is 24.3 Å². The van der Waals surface area contributed by atoms with Crippen molar-refractivity contribution in [2.24, 2.45) is 16.6 Å². The number of nitrogens with zero attached hydrogens (tertiary/aromatic N) is 4. The highest BCUT2D eigenvalue weighted by atomic mass is 15.3. The molecule has 0 fully saturated rings. The number of nitrogens with one attached hydrogen (secondary N) is 1. The van der Waals surface area contributed by atoms with Gasteiger partial charge in [-0.05, 0) is 37.0 Å². The molecule has 0 aliphatic rings. The number of benzene rings is 1. The van der Waals surface area contributed by atoms with E-state index in [0.29, 0.717) is 18.5 Å². The first kappa shape index (κ1) is 18.0. The summed E-state index contributed by atoms with van der Waals surface area (Å²) in [4.78, 5) is 8.36. The van der Waals surface area contributed by atoms with Crippen LogP contribution in [-0.2, 0) is 6.54 Å². The molecule has 24 heavy (non-hydrogen) atoms. The molecule has 6 nitrogen and oxygen atoms in total. The van der Waals surface area contributed by atoms with Crippen LogP contribution in [0.4, 0.5) is 0 Å². The van der Waals surface area contributed by atoms with E-state index in [4.69, 9.17) is 5.73 Å². The molecule has 1 aromatic carbocycles. The van der Waals surface area contributed by atoms with Crippen LogP contribution >= 0.6 is 0 Å². The fourth-order valence-electron chi connectivity index (χ4n) is 2.47. The molecule has 0 spiro atoms. The highest BCUT2D eigenvalue weighted by molar-refractivity contribution is 5.78. The quantitative estimate of drug-likeness (QED) is 0.577. The summed E-state index contributed by atoms with van der Waals surface area (Å²) < 4.78 is 1.72. The van der Waals surface area contributed by atoms with Gasteiger partial charge in [-0.1, -0.05) is 38.8 Å². The SMILES string of the molecule is CC(C)CCCC(C)NC(N)=NCc1ccc(-n2cncn2)cc1. The fraction of sp³-hybridized carbons (Fsp3) is 0.500. The molecule has 0 bridgehead atoms. The smallest absolute Gasteiger partial charge is 0.189 e. The number of hydrogen-bond donors (Lipinski definition) is 2. The Hall–Kier alpha value is -2.37. The van der Waals surface area contributed by atoms with Crippen molar-refractivity contribution in [2.45, 2.75) is 52.6 Å². The van der Waals surface area contributed by atoms with Gasteiger partial charge >= 0.3 is 0 Å². The molecule has 0 aliphatic carbocycles. The van der Waals surface area contributed by atoms with Crippen molar-refractivity contribution in [3.8, 4) is 5.69 Å². The first-order chi connectivity index (χ1) is 11.5. The molecule has 0 saturated carbocycles. The van der Waals surface area contributed by atoms with Crippen LogP contribution in [0.25, 0.3) is 5.69 Å². The molecular formula is C18H28N6. The van der Waals surface area contributed by atoms with Crippen molar-refractivity contribution >= 4 is 5.96 Å². The molecule has 1 aromatic heterocycles. The summed E-state index contributed by atoms with van der Waals surface area (Å²) in [5, 5.41) is 7.37. The van der Waals surface area contributed by atoms with Gasteiger partial charge in [-0.15, -0.1) is 0 Å². The largest absolute Gasteiger partial charge is 0.370 e. The van der Waals surface area contributed by atoms with E-state index in [0.717, 1.165) is 23.6 Å². The van der Waals surface area contributed by atoms with Gasteiger partial charge in [0.15, 0.2) is 5.96 Å². The van der Waals surface area contributed by atoms with E-state index < -0.39 is 0 Å². The minimum Gasteiger partial charge on any atom is -0.370 e. The molecule has 1 atom stereocenters. The lowest BCUT2D eigenvalue weighted by Gasteiger charge is -2.15. The van der Waals surface area contributed by atoms with Crippen molar-refractivity contribution < 1.29 is 0 Å². The Balaban J connectivity index is 1.79. The van der Waals surface area contributed by atoms with Crippen molar-refractivity contribution in [2.75, 3.05) is 0 Å². The standard InChI is InChI=1S/C18H28N6/c1-14(2)5-4-6-15(3)23-18(19)21-11-16-7-9-17(10-8-16)24-13-20-12-22-24/h7-10,12-15H,4-6,11H2,1-3H3,(H3,19,21,23). The zero-order valence-electron chi connectivity index (χ0n) is 14.8. The van der Waals surface area contributed by atoms with Gasteiger partial charge < -0.3 is 11.1 Å². The zero-order chi connectivity index (χ0) is 17.4. The van der Waals surface area contributed by atoms with Crippen molar-refractivity contribution in [3.63, 3.8) is 0 Å². The summed E-state index contributed by atoms with van der Waals surface area (Å²) >= 11 is 0. The normalized spacial score (nSPS) is 13.2. The van der Waals surface area contributed by atoms with Gasteiger partial charge in [0.1, 0.15) is 12.7 Å². The number of aliphatic imine (C=N–C) groups is 1. The second-order valence-corrected chi connectivity index (χ2v) is 6.58. The predicted octanol–water partition coefficient (Wildman–Crippen LogP) is 2.89. The molecule has 1 unspecified atom stereocenters. The minimum atomic E-state index is 0.349. The predicted molar refractivity (Wildman–Crippen MR) is 98.0 cm³/mol. The molecule has 6 heteroatoms. The van der Waals surface area contributed by atoms with Crippen LogP contribution in [0.2, 0.25) is 0 Å². The van der Waals surface area contributed by atoms with Crippen LogP contribution in [0.5, 0.6) is 0 Å². The lowest BCUT2D eigenvalue weighted by Crippen LogP contribution is -2.38. The Morgan fingerprint density at radius 2 is 1.96 bits per heavy atom. The molecule has 2 rings (SSSR count). The summed E-state index contributed by atoms with van der Waals surface area (Å²) in [5.74, 6) is 1.26. The Labute approximate surface area is 144 Å². The molecule has 0 aliphatic heterocycles. The lowest BCUT2D eigenvalue weighted by molar-refractivity contribution is 0.493. The Kier molecular flexibility index (Phi) is 6.78. The average Bonchev–Trinajstić information content (AvgIpc) is 3.07. The van der Waals surface area contributed by atoms with Gasteiger partial charge in [0.25, 0.3) is 0 Å². The average molecular weight is 328 g/mol.